The van der Waals surface area contributed by atoms with Crippen LogP contribution in [0.25, 0.3) is 0 Å². The van der Waals surface area contributed by atoms with Crippen molar-refractivity contribution < 1.29 is 9.47 Å². The molecular weight excluding hydrogens is 384 g/mol. The van der Waals surface area contributed by atoms with Gasteiger partial charge in [0.15, 0.2) is 5.79 Å². The largest absolute Gasteiger partial charge is 0.346 e. The number of thioether (sulfide) groups is 2. The summed E-state index contributed by atoms with van der Waals surface area (Å²) in [7, 11) is 0. The predicted octanol–water partition coefficient (Wildman–Crippen LogP) is 6.49. The Labute approximate surface area is 179 Å². The second kappa shape index (κ2) is 9.32. The molecule has 0 amide bonds. The summed E-state index contributed by atoms with van der Waals surface area (Å²) in [6.45, 7) is 7.80. The number of ether oxygens (including phenoxy) is 2. The number of fused-ring (bicyclic) bond motifs is 2. The normalized spacial score (nSPS) is 37.5. The van der Waals surface area contributed by atoms with Crippen molar-refractivity contribution in [3.05, 3.63) is 35.9 Å². The Kier molecular flexibility index (Phi) is 7.02. The van der Waals surface area contributed by atoms with Crippen LogP contribution in [-0.2, 0) is 15.3 Å². The van der Waals surface area contributed by atoms with E-state index in [1.165, 1.54) is 38.5 Å². The van der Waals surface area contributed by atoms with E-state index in [2.05, 4.69) is 60.8 Å². The fourth-order valence-electron chi connectivity index (χ4n) is 4.78. The summed E-state index contributed by atoms with van der Waals surface area (Å²) in [6, 6.07) is 10.6. The fourth-order valence-corrected chi connectivity index (χ4v) is 7.30. The Hall–Kier alpha value is -0.160. The minimum atomic E-state index is -0.609. The van der Waals surface area contributed by atoms with Crippen LogP contribution in [0.15, 0.2) is 30.3 Å². The van der Waals surface area contributed by atoms with Gasteiger partial charge in [-0.05, 0) is 57.3 Å². The maximum atomic E-state index is 6.51. The lowest BCUT2D eigenvalue weighted by atomic mass is 9.89. The molecule has 2 saturated carbocycles. The molecule has 4 heteroatoms. The first-order chi connectivity index (χ1) is 13.7. The van der Waals surface area contributed by atoms with Gasteiger partial charge in [-0.1, -0.05) is 44.2 Å². The Morgan fingerprint density at radius 1 is 0.786 bits per heavy atom. The smallest absolute Gasteiger partial charge is 0.191 e. The van der Waals surface area contributed by atoms with Gasteiger partial charge in [-0.25, -0.2) is 0 Å². The molecule has 2 heterocycles. The van der Waals surface area contributed by atoms with Gasteiger partial charge in [0, 0.05) is 26.6 Å². The van der Waals surface area contributed by atoms with Gasteiger partial charge in [-0.2, -0.15) is 23.5 Å². The molecule has 2 nitrogen and oxygen atoms in total. The predicted molar refractivity (Wildman–Crippen MR) is 122 cm³/mol. The molecule has 6 atom stereocenters. The highest BCUT2D eigenvalue weighted by molar-refractivity contribution is 8.07. The van der Waals surface area contributed by atoms with E-state index < -0.39 is 5.79 Å². The van der Waals surface area contributed by atoms with Crippen LogP contribution in [0.2, 0.25) is 0 Å². The van der Waals surface area contributed by atoms with Crippen LogP contribution in [-0.4, -0.2) is 34.2 Å². The van der Waals surface area contributed by atoms with Crippen LogP contribution >= 0.6 is 23.5 Å². The van der Waals surface area contributed by atoms with E-state index in [0.29, 0.717) is 11.8 Å². The molecule has 156 valence electrons. The van der Waals surface area contributed by atoms with Gasteiger partial charge >= 0.3 is 0 Å². The second-order valence-electron chi connectivity index (χ2n) is 8.72. The molecular formula is C24H36O2S2. The third-order valence-electron chi connectivity index (χ3n) is 6.71. The van der Waals surface area contributed by atoms with Crippen molar-refractivity contribution in [1.82, 2.24) is 0 Å². The van der Waals surface area contributed by atoms with E-state index in [0.717, 1.165) is 39.8 Å². The first-order valence-corrected chi connectivity index (χ1v) is 13.2. The van der Waals surface area contributed by atoms with Crippen molar-refractivity contribution >= 4 is 23.5 Å². The molecule has 0 radical (unpaired) electrons. The zero-order valence-corrected chi connectivity index (χ0v) is 19.3. The Morgan fingerprint density at radius 2 is 1.29 bits per heavy atom. The third-order valence-corrected chi connectivity index (χ3v) is 9.65. The van der Waals surface area contributed by atoms with Crippen molar-refractivity contribution in [2.24, 2.45) is 11.8 Å². The molecule has 0 spiro atoms. The highest BCUT2D eigenvalue weighted by Crippen LogP contribution is 2.53. The molecule has 4 fully saturated rings. The Morgan fingerprint density at radius 3 is 1.75 bits per heavy atom. The summed E-state index contributed by atoms with van der Waals surface area (Å²) in [5.41, 5.74) is 1.16. The van der Waals surface area contributed by atoms with E-state index in [-0.39, 0.29) is 0 Å². The van der Waals surface area contributed by atoms with Crippen LogP contribution in [0.3, 0.4) is 0 Å². The van der Waals surface area contributed by atoms with E-state index in [4.69, 9.17) is 9.47 Å². The average Bonchev–Trinajstić information content (AvgIpc) is 3.67. The zero-order chi connectivity index (χ0) is 19.6. The summed E-state index contributed by atoms with van der Waals surface area (Å²) < 4.78 is 13.0. The Balaban J connectivity index is 0.000000932. The van der Waals surface area contributed by atoms with Crippen molar-refractivity contribution in [3.63, 3.8) is 0 Å². The molecule has 2 saturated heterocycles. The third kappa shape index (κ3) is 5.11. The Bertz CT molecular complexity index is 590. The van der Waals surface area contributed by atoms with Gasteiger partial charge in [-0.3, -0.25) is 0 Å². The van der Waals surface area contributed by atoms with Crippen molar-refractivity contribution in [2.45, 2.75) is 86.1 Å². The summed E-state index contributed by atoms with van der Waals surface area (Å²) in [4.78, 5) is 0. The van der Waals surface area contributed by atoms with Gasteiger partial charge in [0.2, 0.25) is 0 Å². The number of hydrogen-bond acceptors (Lipinski definition) is 4. The van der Waals surface area contributed by atoms with E-state index in [9.17, 15) is 0 Å². The quantitative estimate of drug-likeness (QED) is 0.371. The summed E-state index contributed by atoms with van der Waals surface area (Å²) in [5, 5.41) is 3.79. The van der Waals surface area contributed by atoms with Crippen LogP contribution in [0.4, 0.5) is 0 Å². The molecule has 4 aliphatic rings. The molecule has 0 aromatic heterocycles. The summed E-state index contributed by atoms with van der Waals surface area (Å²) in [6.07, 6.45) is 8.08. The minimum absolute atomic E-state index is 0.609. The lowest BCUT2D eigenvalue weighted by Gasteiger charge is -2.34. The van der Waals surface area contributed by atoms with Crippen LogP contribution in [0, 0.1) is 11.8 Å². The van der Waals surface area contributed by atoms with E-state index >= 15 is 0 Å². The van der Waals surface area contributed by atoms with Crippen LogP contribution in [0.1, 0.15) is 64.9 Å². The van der Waals surface area contributed by atoms with Crippen LogP contribution < -0.4 is 0 Å². The lowest BCUT2D eigenvalue weighted by molar-refractivity contribution is -0.247. The number of rotatable bonds is 7. The zero-order valence-electron chi connectivity index (χ0n) is 17.6. The highest BCUT2D eigenvalue weighted by atomic mass is 32.2. The van der Waals surface area contributed by atoms with E-state index in [1.54, 1.807) is 0 Å². The topological polar surface area (TPSA) is 18.5 Å². The molecule has 0 bridgehead atoms. The maximum Gasteiger partial charge on any atom is 0.191 e. The van der Waals surface area contributed by atoms with Crippen molar-refractivity contribution in [1.29, 1.82) is 0 Å². The minimum Gasteiger partial charge on any atom is -0.346 e. The molecule has 2 aliphatic carbocycles. The SMILES string of the molecule is CC.CC(OCC1CCC2SC2C1)(OCC1CCC2SC2C1)c1ccccc1. The summed E-state index contributed by atoms with van der Waals surface area (Å²) >= 11 is 4.35. The van der Waals surface area contributed by atoms with Crippen molar-refractivity contribution in [3.8, 4) is 0 Å². The van der Waals surface area contributed by atoms with Gasteiger partial charge in [0.1, 0.15) is 0 Å². The molecule has 1 aromatic rings. The second-order valence-corrected chi connectivity index (χ2v) is 11.7. The molecule has 0 N–H and O–H groups in total. The summed E-state index contributed by atoms with van der Waals surface area (Å²) in [5.74, 6) is 0.801. The first kappa shape index (κ1) is 21.1. The van der Waals surface area contributed by atoms with Crippen LogP contribution in [0.5, 0.6) is 0 Å². The average molecular weight is 421 g/mol. The first-order valence-electron chi connectivity index (χ1n) is 11.3. The van der Waals surface area contributed by atoms with Crippen molar-refractivity contribution in [2.75, 3.05) is 13.2 Å². The molecule has 1 aromatic carbocycles. The molecule has 28 heavy (non-hydrogen) atoms. The standard InChI is InChI=1S/C22H30O2S2.C2H6/c1-22(17-5-3-2-4-6-17,23-13-15-7-9-18-20(11-15)25-18)24-14-16-8-10-19-21(12-16)26-19;1-2/h2-6,15-16,18-21H,7-14H2,1H3;1-2H3. The van der Waals surface area contributed by atoms with E-state index in [1.807, 2.05) is 13.8 Å². The van der Waals surface area contributed by atoms with Gasteiger partial charge < -0.3 is 9.47 Å². The fraction of sp³-hybridized carbons (Fsp3) is 0.750. The lowest BCUT2D eigenvalue weighted by Crippen LogP contribution is -2.35. The molecule has 6 unspecified atom stereocenters. The van der Waals surface area contributed by atoms with Gasteiger partial charge in [-0.15, -0.1) is 0 Å². The monoisotopic (exact) mass is 420 g/mol. The molecule has 2 aliphatic heterocycles. The highest BCUT2D eigenvalue weighted by Gasteiger charge is 2.45. The molecule has 5 rings (SSSR count). The number of benzene rings is 1. The number of hydrogen-bond donors (Lipinski definition) is 0. The maximum absolute atomic E-state index is 6.51. The van der Waals surface area contributed by atoms with Gasteiger partial charge in [0.05, 0.1) is 13.2 Å². The van der Waals surface area contributed by atoms with Gasteiger partial charge in [0.25, 0.3) is 0 Å².